The fourth-order valence-corrected chi connectivity index (χ4v) is 3.06. The van der Waals surface area contributed by atoms with E-state index in [1.807, 2.05) is 11.8 Å². The van der Waals surface area contributed by atoms with Crippen LogP contribution in [0.2, 0.25) is 5.02 Å². The number of ketones is 1. The first kappa shape index (κ1) is 13.9. The molecule has 1 saturated heterocycles. The van der Waals surface area contributed by atoms with Crippen molar-refractivity contribution in [3.05, 3.63) is 22.7 Å². The molecule has 110 valence electrons. The second-order valence-corrected chi connectivity index (χ2v) is 5.45. The molecule has 2 heterocycles. The van der Waals surface area contributed by atoms with Crippen molar-refractivity contribution in [2.75, 3.05) is 23.3 Å². The number of rotatable bonds is 2. The van der Waals surface area contributed by atoms with E-state index >= 15 is 0 Å². The molecule has 0 bridgehead atoms. The maximum Gasteiger partial charge on any atom is 0.296 e. The van der Waals surface area contributed by atoms with E-state index in [-0.39, 0.29) is 17.5 Å². The lowest BCUT2D eigenvalue weighted by molar-refractivity contribution is -0.123. The lowest BCUT2D eigenvalue weighted by Crippen LogP contribution is -2.55. The van der Waals surface area contributed by atoms with Gasteiger partial charge in [0.2, 0.25) is 5.91 Å². The second kappa shape index (κ2) is 5.04. The number of fused-ring (bicyclic) bond motifs is 1. The zero-order valence-corrected chi connectivity index (χ0v) is 12.2. The highest BCUT2D eigenvalue weighted by Gasteiger charge is 2.33. The van der Waals surface area contributed by atoms with Crippen molar-refractivity contribution in [1.82, 2.24) is 5.32 Å². The van der Waals surface area contributed by atoms with Gasteiger partial charge in [0, 0.05) is 13.1 Å². The summed E-state index contributed by atoms with van der Waals surface area (Å²) in [5.74, 6) is -1.27. The molecule has 1 aromatic rings. The quantitative estimate of drug-likeness (QED) is 0.805. The average molecular weight is 308 g/mol. The first-order valence-electron chi connectivity index (χ1n) is 6.76. The van der Waals surface area contributed by atoms with Crippen LogP contribution < -0.4 is 15.5 Å². The monoisotopic (exact) mass is 307 g/mol. The molecule has 0 saturated carbocycles. The second-order valence-electron chi connectivity index (χ2n) is 5.04. The Labute approximate surface area is 126 Å². The van der Waals surface area contributed by atoms with Crippen molar-refractivity contribution in [3.8, 4) is 0 Å². The molecule has 6 nitrogen and oxygen atoms in total. The molecular weight excluding hydrogens is 294 g/mol. The Balaban J connectivity index is 2.03. The van der Waals surface area contributed by atoms with Crippen LogP contribution >= 0.6 is 11.6 Å². The molecule has 1 atom stereocenters. The van der Waals surface area contributed by atoms with Gasteiger partial charge >= 0.3 is 0 Å². The molecule has 3 rings (SSSR count). The van der Waals surface area contributed by atoms with Crippen LogP contribution in [-0.2, 0) is 9.59 Å². The van der Waals surface area contributed by atoms with Crippen LogP contribution in [0.25, 0.3) is 0 Å². The van der Waals surface area contributed by atoms with Gasteiger partial charge in [-0.1, -0.05) is 18.5 Å². The van der Waals surface area contributed by atoms with Gasteiger partial charge in [-0.05, 0) is 18.6 Å². The molecule has 2 N–H and O–H groups in total. The van der Waals surface area contributed by atoms with Gasteiger partial charge in [0.25, 0.3) is 11.7 Å². The lowest BCUT2D eigenvalue weighted by Gasteiger charge is -2.37. The number of amides is 2. The third-order valence-electron chi connectivity index (χ3n) is 3.81. The molecule has 0 spiro atoms. The molecule has 1 unspecified atom stereocenters. The summed E-state index contributed by atoms with van der Waals surface area (Å²) in [5, 5.41) is 5.71. The van der Waals surface area contributed by atoms with Crippen LogP contribution in [-0.4, -0.2) is 36.7 Å². The third kappa shape index (κ3) is 2.15. The van der Waals surface area contributed by atoms with E-state index in [1.54, 1.807) is 6.07 Å². The minimum Gasteiger partial charge on any atom is -0.356 e. The number of benzene rings is 1. The van der Waals surface area contributed by atoms with Gasteiger partial charge in [-0.15, -0.1) is 0 Å². The van der Waals surface area contributed by atoms with Crippen LogP contribution in [0.4, 0.5) is 11.4 Å². The van der Waals surface area contributed by atoms with Gasteiger partial charge < -0.3 is 15.5 Å². The number of piperazine rings is 1. The Bertz CT molecular complexity index is 659. The molecule has 2 aliphatic heterocycles. The Morgan fingerprint density at radius 2 is 2.10 bits per heavy atom. The fraction of sp³-hybridized carbons (Fsp3) is 0.357. The number of hydrogen-bond donors (Lipinski definition) is 2. The summed E-state index contributed by atoms with van der Waals surface area (Å²) in [6, 6.07) is 2.86. The van der Waals surface area contributed by atoms with Crippen molar-refractivity contribution in [1.29, 1.82) is 0 Å². The summed E-state index contributed by atoms with van der Waals surface area (Å²) in [4.78, 5) is 36.9. The highest BCUT2D eigenvalue weighted by molar-refractivity contribution is 6.52. The maximum absolute atomic E-state index is 11.9. The Morgan fingerprint density at radius 1 is 1.33 bits per heavy atom. The number of anilines is 2. The molecule has 0 aromatic heterocycles. The van der Waals surface area contributed by atoms with Crippen molar-refractivity contribution in [3.63, 3.8) is 0 Å². The molecular formula is C14H14ClN3O3. The third-order valence-corrected chi connectivity index (χ3v) is 4.12. The van der Waals surface area contributed by atoms with E-state index in [1.165, 1.54) is 6.07 Å². The minimum absolute atomic E-state index is 0.0413. The summed E-state index contributed by atoms with van der Waals surface area (Å²) in [7, 11) is 0. The molecule has 2 aliphatic rings. The number of Topliss-reactive ketones (excluding diaryl/α,β-unsaturated/α-hetero) is 1. The number of halogens is 1. The van der Waals surface area contributed by atoms with E-state index in [2.05, 4.69) is 10.6 Å². The van der Waals surface area contributed by atoms with Crippen molar-refractivity contribution in [2.45, 2.75) is 19.4 Å². The first-order valence-corrected chi connectivity index (χ1v) is 7.14. The largest absolute Gasteiger partial charge is 0.356 e. The van der Waals surface area contributed by atoms with Crippen LogP contribution in [0.5, 0.6) is 0 Å². The van der Waals surface area contributed by atoms with E-state index in [4.69, 9.17) is 11.6 Å². The number of carbonyl (C=O) groups is 3. The highest BCUT2D eigenvalue weighted by atomic mass is 35.5. The standard InChI is InChI=1S/C14H14ClN3O3/c1-2-10-13(20)16-3-4-18(10)11-6-9-7(5-8(11)15)12(19)14(21)17-9/h5-6,10H,2-4H2,1H3,(H,16,20)(H,17,19,21). The topological polar surface area (TPSA) is 78.5 Å². The summed E-state index contributed by atoms with van der Waals surface area (Å²) in [6.45, 7) is 3.09. The number of hydrogen-bond acceptors (Lipinski definition) is 4. The normalized spacial score (nSPS) is 21.1. The average Bonchev–Trinajstić information content (AvgIpc) is 2.73. The van der Waals surface area contributed by atoms with Gasteiger partial charge in [-0.2, -0.15) is 0 Å². The van der Waals surface area contributed by atoms with Gasteiger partial charge in [-0.25, -0.2) is 0 Å². The first-order chi connectivity index (χ1) is 10.0. The zero-order chi connectivity index (χ0) is 15.1. The predicted octanol–water partition coefficient (Wildman–Crippen LogP) is 1.19. The summed E-state index contributed by atoms with van der Waals surface area (Å²) < 4.78 is 0. The molecule has 2 amide bonds. The molecule has 0 aliphatic carbocycles. The molecule has 7 heteroatoms. The van der Waals surface area contributed by atoms with E-state index in [0.29, 0.717) is 35.9 Å². The minimum atomic E-state index is -0.651. The van der Waals surface area contributed by atoms with Crippen LogP contribution in [0.3, 0.4) is 0 Å². The van der Waals surface area contributed by atoms with Crippen LogP contribution in [0, 0.1) is 0 Å². The molecule has 0 radical (unpaired) electrons. The Hall–Kier alpha value is -2.08. The molecule has 21 heavy (non-hydrogen) atoms. The number of nitrogens with one attached hydrogen (secondary N) is 2. The van der Waals surface area contributed by atoms with Gasteiger partial charge in [0.05, 0.1) is 22.0 Å². The summed E-state index contributed by atoms with van der Waals surface area (Å²) in [6.07, 6.45) is 0.643. The van der Waals surface area contributed by atoms with Gasteiger partial charge in [0.15, 0.2) is 0 Å². The highest BCUT2D eigenvalue weighted by Crippen LogP contribution is 2.36. The molecule has 1 fully saturated rings. The Morgan fingerprint density at radius 3 is 2.81 bits per heavy atom. The number of carbonyl (C=O) groups excluding carboxylic acids is 3. The van der Waals surface area contributed by atoms with Gasteiger partial charge in [0.1, 0.15) is 6.04 Å². The van der Waals surface area contributed by atoms with Gasteiger partial charge in [-0.3, -0.25) is 14.4 Å². The van der Waals surface area contributed by atoms with E-state index in [0.717, 1.165) is 0 Å². The zero-order valence-electron chi connectivity index (χ0n) is 11.4. The fourth-order valence-electron chi connectivity index (χ4n) is 2.78. The predicted molar refractivity (Wildman–Crippen MR) is 78.8 cm³/mol. The maximum atomic E-state index is 11.9. The molecule has 1 aromatic carbocycles. The summed E-state index contributed by atoms with van der Waals surface area (Å²) in [5.41, 5.74) is 1.39. The SMILES string of the molecule is CCC1C(=O)NCCN1c1cc2c(cc1Cl)C(=O)C(=O)N2. The summed E-state index contributed by atoms with van der Waals surface area (Å²) >= 11 is 6.26. The van der Waals surface area contributed by atoms with Crippen LogP contribution in [0.1, 0.15) is 23.7 Å². The lowest BCUT2D eigenvalue weighted by atomic mass is 10.1. The van der Waals surface area contributed by atoms with Crippen LogP contribution in [0.15, 0.2) is 12.1 Å². The van der Waals surface area contributed by atoms with E-state index in [9.17, 15) is 14.4 Å². The van der Waals surface area contributed by atoms with Crippen molar-refractivity contribution >= 4 is 40.6 Å². The van der Waals surface area contributed by atoms with Crippen molar-refractivity contribution < 1.29 is 14.4 Å². The Kier molecular flexibility index (Phi) is 3.33. The van der Waals surface area contributed by atoms with E-state index < -0.39 is 11.7 Å². The van der Waals surface area contributed by atoms with Crippen molar-refractivity contribution in [2.24, 2.45) is 0 Å². The number of nitrogens with zero attached hydrogens (tertiary/aromatic N) is 1. The smallest absolute Gasteiger partial charge is 0.296 e.